The Hall–Kier alpha value is -1.54. The fourth-order valence-electron chi connectivity index (χ4n) is 3.44. The molecule has 0 saturated heterocycles. The lowest BCUT2D eigenvalue weighted by molar-refractivity contribution is 0.103. The van der Waals surface area contributed by atoms with Crippen LogP contribution in [-0.4, -0.2) is 41.1 Å². The molecule has 0 aliphatic rings. The Labute approximate surface area is 249 Å². The molecule has 0 saturated carbocycles. The van der Waals surface area contributed by atoms with E-state index in [2.05, 4.69) is 32.0 Å². The van der Waals surface area contributed by atoms with E-state index in [1.807, 2.05) is 64.8 Å². The Morgan fingerprint density at radius 2 is 2.08 bits per heavy atom. The quantitative estimate of drug-likeness (QED) is 0.0472. The number of carbonyl (C=O) groups is 1. The fourth-order valence-corrected chi connectivity index (χ4v) is 4.42. The third-order valence-electron chi connectivity index (χ3n) is 5.75. The SMILES string of the molecule is CC/C(C)=C(Cl)/C=C\C=C(/C)Cn1ccc(C(=O)c2cncnc2NC(F)CC(CC)CS(=O)O)c1.SI. The van der Waals surface area contributed by atoms with Crippen molar-refractivity contribution in [2.75, 3.05) is 11.1 Å². The molecule has 2 aromatic rings. The summed E-state index contributed by atoms with van der Waals surface area (Å²) in [6.07, 6.45) is 11.8. The lowest BCUT2D eigenvalue weighted by Gasteiger charge is -2.18. The van der Waals surface area contributed by atoms with Crippen LogP contribution in [0.5, 0.6) is 0 Å². The van der Waals surface area contributed by atoms with Gasteiger partial charge in [-0.15, -0.1) is 9.80 Å². The van der Waals surface area contributed by atoms with Crippen molar-refractivity contribution in [1.82, 2.24) is 14.5 Å². The minimum atomic E-state index is -2.00. The van der Waals surface area contributed by atoms with Gasteiger partial charge in [-0.3, -0.25) is 4.79 Å². The Bertz CT molecular complexity index is 1160. The largest absolute Gasteiger partial charge is 0.349 e. The first-order valence-corrected chi connectivity index (χ1v) is 16.9. The van der Waals surface area contributed by atoms with Gasteiger partial charge in [-0.2, -0.15) is 0 Å². The summed E-state index contributed by atoms with van der Waals surface area (Å²) in [5.41, 5.74) is 2.77. The monoisotopic (exact) mass is 696 g/mol. The zero-order chi connectivity index (χ0) is 28.7. The Kier molecular flexibility index (Phi) is 17.0. The molecule has 2 N–H and O–H groups in total. The first-order chi connectivity index (χ1) is 18.1. The zero-order valence-electron chi connectivity index (χ0n) is 21.9. The predicted octanol–water partition coefficient (Wildman–Crippen LogP) is 7.55. The molecular formula is C26H35ClFIN4O3S2. The van der Waals surface area contributed by atoms with Crippen LogP contribution in [0.25, 0.3) is 0 Å². The molecule has 0 radical (unpaired) electrons. The van der Waals surface area contributed by atoms with Crippen molar-refractivity contribution >= 4 is 65.3 Å². The normalized spacial score (nSPS) is 14.8. The summed E-state index contributed by atoms with van der Waals surface area (Å²) in [4.78, 5) is 21.1. The molecule has 12 heteroatoms. The topological polar surface area (TPSA) is 97.1 Å². The van der Waals surface area contributed by atoms with E-state index in [1.54, 1.807) is 18.5 Å². The highest BCUT2D eigenvalue weighted by molar-refractivity contribution is 14.2. The summed E-state index contributed by atoms with van der Waals surface area (Å²) in [6.45, 7) is 8.46. The van der Waals surface area contributed by atoms with Gasteiger partial charge in [-0.25, -0.2) is 18.6 Å². The van der Waals surface area contributed by atoms with Crippen LogP contribution in [0.3, 0.4) is 0 Å². The number of nitrogens with one attached hydrogen (secondary N) is 1. The molecular weight excluding hydrogens is 662 g/mol. The van der Waals surface area contributed by atoms with Gasteiger partial charge in [0.2, 0.25) is 0 Å². The van der Waals surface area contributed by atoms with Gasteiger partial charge in [0.25, 0.3) is 0 Å². The van der Waals surface area contributed by atoms with Gasteiger partial charge in [0, 0.05) is 42.2 Å². The van der Waals surface area contributed by atoms with Crippen molar-refractivity contribution in [1.29, 1.82) is 0 Å². The number of anilines is 1. The van der Waals surface area contributed by atoms with Crippen molar-refractivity contribution < 1.29 is 17.9 Å². The average Bonchev–Trinajstić information content (AvgIpc) is 3.36. The lowest BCUT2D eigenvalue weighted by Crippen LogP contribution is -2.23. The highest BCUT2D eigenvalue weighted by Gasteiger charge is 2.21. The summed E-state index contributed by atoms with van der Waals surface area (Å²) in [6, 6.07) is 1.70. The maximum atomic E-state index is 14.7. The number of allylic oxidation sites excluding steroid dienone is 6. The molecule has 3 unspecified atom stereocenters. The van der Waals surface area contributed by atoms with Gasteiger partial charge in [0.15, 0.2) is 23.2 Å². The number of carbonyl (C=O) groups excluding carboxylic acids is 1. The van der Waals surface area contributed by atoms with Crippen LogP contribution < -0.4 is 5.32 Å². The van der Waals surface area contributed by atoms with Crippen LogP contribution in [-0.2, 0) is 17.6 Å². The summed E-state index contributed by atoms with van der Waals surface area (Å²) in [5.74, 6) is -0.528. The highest BCUT2D eigenvalue weighted by Crippen LogP contribution is 2.21. The van der Waals surface area contributed by atoms with Gasteiger partial charge < -0.3 is 14.4 Å². The van der Waals surface area contributed by atoms with Gasteiger partial charge in [0.1, 0.15) is 12.1 Å². The molecule has 210 valence electrons. The second kappa shape index (κ2) is 18.7. The lowest BCUT2D eigenvalue weighted by atomic mass is 10.0. The van der Waals surface area contributed by atoms with Crippen molar-refractivity contribution in [3.05, 3.63) is 76.5 Å². The van der Waals surface area contributed by atoms with Crippen LogP contribution in [0.4, 0.5) is 10.2 Å². The molecule has 0 aromatic carbocycles. The van der Waals surface area contributed by atoms with Crippen molar-refractivity contribution in [3.8, 4) is 0 Å². The summed E-state index contributed by atoms with van der Waals surface area (Å²) in [7, 11) is 3.50. The Morgan fingerprint density at radius 1 is 1.37 bits per heavy atom. The van der Waals surface area contributed by atoms with Crippen molar-refractivity contribution in [2.24, 2.45) is 5.92 Å². The summed E-state index contributed by atoms with van der Waals surface area (Å²) >= 11 is 6.08. The van der Waals surface area contributed by atoms with E-state index >= 15 is 0 Å². The van der Waals surface area contributed by atoms with E-state index in [4.69, 9.17) is 16.2 Å². The molecule has 2 heterocycles. The van der Waals surface area contributed by atoms with Crippen molar-refractivity contribution in [3.63, 3.8) is 0 Å². The van der Waals surface area contributed by atoms with Crippen molar-refractivity contribution in [2.45, 2.75) is 59.8 Å². The molecule has 2 rings (SSSR count). The Balaban J connectivity index is 0.00000352. The summed E-state index contributed by atoms with van der Waals surface area (Å²) in [5, 5.41) is 3.36. The van der Waals surface area contributed by atoms with Crippen LogP contribution in [0.15, 0.2) is 65.4 Å². The molecule has 0 aliphatic heterocycles. The van der Waals surface area contributed by atoms with E-state index in [9.17, 15) is 13.4 Å². The number of thiol groups is 1. The molecule has 0 amide bonds. The molecule has 0 spiro atoms. The van der Waals surface area contributed by atoms with Crippen LogP contribution in [0, 0.1) is 5.92 Å². The minimum absolute atomic E-state index is 0.00650. The highest BCUT2D eigenvalue weighted by atomic mass is 127. The minimum Gasteiger partial charge on any atom is -0.349 e. The van der Waals surface area contributed by atoms with Crippen LogP contribution in [0.2, 0.25) is 0 Å². The van der Waals surface area contributed by atoms with Gasteiger partial charge in [-0.05, 0) is 59.5 Å². The van der Waals surface area contributed by atoms with Gasteiger partial charge in [-0.1, -0.05) is 55.2 Å². The first-order valence-electron chi connectivity index (χ1n) is 12.0. The molecule has 3 atom stereocenters. The predicted molar refractivity (Wildman–Crippen MR) is 167 cm³/mol. The van der Waals surface area contributed by atoms with E-state index < -0.39 is 17.4 Å². The second-order valence-corrected chi connectivity index (χ2v) is 10.0. The first kappa shape index (κ1) is 34.5. The maximum absolute atomic E-state index is 14.7. The Morgan fingerprint density at radius 3 is 2.71 bits per heavy atom. The summed E-state index contributed by atoms with van der Waals surface area (Å²) < 4.78 is 36.8. The van der Waals surface area contributed by atoms with E-state index in [0.29, 0.717) is 18.5 Å². The molecule has 38 heavy (non-hydrogen) atoms. The number of nitrogens with zero attached hydrogens (tertiary/aromatic N) is 3. The number of hydrogen-bond donors (Lipinski definition) is 3. The van der Waals surface area contributed by atoms with E-state index in [1.165, 1.54) is 12.5 Å². The number of hydrogen-bond acceptors (Lipinski definition) is 6. The van der Waals surface area contributed by atoms with E-state index in [0.717, 1.165) is 22.6 Å². The number of ketones is 1. The van der Waals surface area contributed by atoms with Crippen LogP contribution >= 0.6 is 42.6 Å². The molecule has 0 bridgehead atoms. The maximum Gasteiger partial charge on any atom is 0.199 e. The molecule has 7 nitrogen and oxygen atoms in total. The number of aromatic nitrogens is 3. The van der Waals surface area contributed by atoms with Crippen LogP contribution in [0.1, 0.15) is 62.9 Å². The molecule has 0 fully saturated rings. The standard InChI is InChI=1S/C26H34ClFN4O3S.HIS/c1-5-19(4)23(27)9-7-8-18(3)14-32-11-10-21(15-32)25(33)22-13-29-17-30-26(22)31-24(28)12-20(6-2)16-36(34)35;1-2/h7-11,13,15,17,20,24H,5-6,12,14,16H2,1-4H3,(H,34,35)(H,29,30,31);2H/b9-7-,18-8+,23-19-;. The second-order valence-electron chi connectivity index (χ2n) is 8.65. The third-order valence-corrected chi connectivity index (χ3v) is 6.96. The fraction of sp³-hybridized carbons (Fsp3) is 0.423. The smallest absolute Gasteiger partial charge is 0.199 e. The number of rotatable bonds is 14. The average molecular weight is 697 g/mol. The zero-order valence-corrected chi connectivity index (χ0v) is 26.5. The molecule has 2 aromatic heterocycles. The number of alkyl halides is 1. The van der Waals surface area contributed by atoms with Gasteiger partial charge in [0.05, 0.1) is 11.3 Å². The van der Waals surface area contributed by atoms with Gasteiger partial charge >= 0.3 is 0 Å². The molecule has 0 aliphatic carbocycles. The van der Waals surface area contributed by atoms with E-state index in [-0.39, 0.29) is 35.3 Å². The third kappa shape index (κ3) is 12.1. The number of halogens is 3.